The fourth-order valence-corrected chi connectivity index (χ4v) is 4.91. The molecule has 164 valence electrons. The number of benzene rings is 3. The van der Waals surface area contributed by atoms with Gasteiger partial charge in [0.1, 0.15) is 0 Å². The molecule has 0 saturated heterocycles. The van der Waals surface area contributed by atoms with Gasteiger partial charge in [-0.3, -0.25) is 14.0 Å². The van der Waals surface area contributed by atoms with Crippen molar-refractivity contribution in [3.63, 3.8) is 0 Å². The average Bonchev–Trinajstić information content (AvgIpc) is 3.23. The van der Waals surface area contributed by atoms with Crippen LogP contribution in [0.5, 0.6) is 0 Å². The van der Waals surface area contributed by atoms with Gasteiger partial charge in [0.05, 0.1) is 21.8 Å². The monoisotopic (exact) mass is 474 g/mol. The fourth-order valence-electron chi connectivity index (χ4n) is 3.85. The second-order valence-corrected chi connectivity index (χ2v) is 9.44. The number of hydrogen-bond acceptors (Lipinski definition) is 5. The van der Waals surface area contributed by atoms with Crippen molar-refractivity contribution in [3.8, 4) is 5.69 Å². The average molecular weight is 475 g/mol. The standard InChI is InChI=1S/C25H19ClN4O2S/c1-15-7-3-5-9-20(15)29-23(32)19-8-4-6-10-21(19)30-24(29)27-28-25(30)33-16(2)22(31)17-11-13-18(26)14-12-17/h3-14,16H,1-2H3. The Labute approximate surface area is 198 Å². The van der Waals surface area contributed by atoms with Crippen molar-refractivity contribution in [3.05, 3.63) is 99.3 Å². The summed E-state index contributed by atoms with van der Waals surface area (Å²) < 4.78 is 3.43. The highest BCUT2D eigenvalue weighted by molar-refractivity contribution is 8.00. The number of hydrogen-bond donors (Lipinski definition) is 0. The number of aromatic nitrogens is 4. The van der Waals surface area contributed by atoms with Crippen molar-refractivity contribution < 1.29 is 4.79 Å². The van der Waals surface area contributed by atoms with Crippen molar-refractivity contribution in [1.29, 1.82) is 0 Å². The predicted molar refractivity (Wildman–Crippen MR) is 132 cm³/mol. The molecule has 3 aromatic carbocycles. The summed E-state index contributed by atoms with van der Waals surface area (Å²) in [5, 5.41) is 9.99. The van der Waals surface area contributed by atoms with Gasteiger partial charge >= 0.3 is 0 Å². The number of thioether (sulfide) groups is 1. The number of halogens is 1. The minimum atomic E-state index is -0.420. The molecule has 0 radical (unpaired) electrons. The summed E-state index contributed by atoms with van der Waals surface area (Å²) in [6, 6.07) is 21.9. The molecule has 1 unspecified atom stereocenters. The molecule has 2 heterocycles. The van der Waals surface area contributed by atoms with Crippen LogP contribution in [-0.4, -0.2) is 30.2 Å². The Kier molecular flexibility index (Phi) is 5.52. The van der Waals surface area contributed by atoms with E-state index in [2.05, 4.69) is 10.2 Å². The summed E-state index contributed by atoms with van der Waals surface area (Å²) in [7, 11) is 0. The van der Waals surface area contributed by atoms with Crippen LogP contribution in [0.1, 0.15) is 22.8 Å². The van der Waals surface area contributed by atoms with Crippen LogP contribution < -0.4 is 5.56 Å². The summed E-state index contributed by atoms with van der Waals surface area (Å²) in [6.45, 7) is 3.79. The zero-order chi connectivity index (χ0) is 23.1. The van der Waals surface area contributed by atoms with Crippen LogP contribution in [0.3, 0.4) is 0 Å². The number of ketones is 1. The van der Waals surface area contributed by atoms with Crippen molar-refractivity contribution in [1.82, 2.24) is 19.2 Å². The summed E-state index contributed by atoms with van der Waals surface area (Å²) in [5.41, 5.74) is 2.80. The highest BCUT2D eigenvalue weighted by atomic mass is 35.5. The lowest BCUT2D eigenvalue weighted by Crippen LogP contribution is -2.22. The number of nitrogens with zero attached hydrogens (tertiary/aromatic N) is 4. The molecule has 0 fully saturated rings. The van der Waals surface area contributed by atoms with E-state index < -0.39 is 5.25 Å². The molecule has 8 heteroatoms. The number of para-hydroxylation sites is 2. The Hall–Kier alpha value is -3.42. The molecular formula is C25H19ClN4O2S. The number of fused-ring (bicyclic) bond motifs is 3. The van der Waals surface area contributed by atoms with E-state index in [4.69, 9.17) is 11.6 Å². The van der Waals surface area contributed by atoms with Crippen LogP contribution in [0, 0.1) is 6.92 Å². The first-order valence-electron chi connectivity index (χ1n) is 10.4. The van der Waals surface area contributed by atoms with Crippen LogP contribution in [-0.2, 0) is 0 Å². The van der Waals surface area contributed by atoms with E-state index in [9.17, 15) is 9.59 Å². The highest BCUT2D eigenvalue weighted by Gasteiger charge is 2.23. The Bertz CT molecular complexity index is 1570. The Morgan fingerprint density at radius 1 is 0.970 bits per heavy atom. The first-order chi connectivity index (χ1) is 16.0. The minimum Gasteiger partial charge on any atom is -0.293 e. The molecule has 0 aliphatic heterocycles. The molecule has 0 amide bonds. The van der Waals surface area contributed by atoms with Crippen LogP contribution in [0.2, 0.25) is 5.02 Å². The third-order valence-electron chi connectivity index (χ3n) is 5.53. The maximum absolute atomic E-state index is 13.5. The van der Waals surface area contributed by atoms with Crippen molar-refractivity contribution in [2.24, 2.45) is 0 Å². The molecule has 6 nitrogen and oxygen atoms in total. The molecule has 0 bridgehead atoms. The number of rotatable bonds is 5. The molecule has 0 N–H and O–H groups in total. The third-order valence-corrected chi connectivity index (χ3v) is 6.83. The number of carbonyl (C=O) groups excluding carboxylic acids is 1. The van der Waals surface area contributed by atoms with Gasteiger partial charge in [0.2, 0.25) is 5.78 Å². The topological polar surface area (TPSA) is 69.3 Å². The maximum Gasteiger partial charge on any atom is 0.267 e. The van der Waals surface area contributed by atoms with E-state index in [1.54, 1.807) is 34.9 Å². The lowest BCUT2D eigenvalue weighted by molar-refractivity contribution is 0.0994. The smallest absolute Gasteiger partial charge is 0.267 e. The first kappa shape index (κ1) is 21.4. The number of Topliss-reactive ketones (excluding diaryl/α,β-unsaturated/α-hetero) is 1. The van der Waals surface area contributed by atoms with Crippen LogP contribution in [0.4, 0.5) is 0 Å². The van der Waals surface area contributed by atoms with E-state index in [0.29, 0.717) is 32.4 Å². The zero-order valence-electron chi connectivity index (χ0n) is 17.9. The Balaban J connectivity index is 1.67. The first-order valence-corrected chi connectivity index (χ1v) is 11.6. The van der Waals surface area contributed by atoms with Crippen molar-refractivity contribution in [2.75, 3.05) is 0 Å². The quantitative estimate of drug-likeness (QED) is 0.253. The van der Waals surface area contributed by atoms with Gasteiger partial charge in [0, 0.05) is 10.6 Å². The molecule has 5 aromatic rings. The summed E-state index contributed by atoms with van der Waals surface area (Å²) in [6.07, 6.45) is 0. The van der Waals surface area contributed by atoms with Crippen LogP contribution >= 0.6 is 23.4 Å². The molecule has 0 aliphatic carbocycles. The summed E-state index contributed by atoms with van der Waals surface area (Å²) in [5.74, 6) is 0.367. The van der Waals surface area contributed by atoms with Gasteiger partial charge in [-0.1, -0.05) is 53.7 Å². The summed E-state index contributed by atoms with van der Waals surface area (Å²) >= 11 is 7.26. The van der Waals surface area contributed by atoms with Gasteiger partial charge in [-0.2, -0.15) is 0 Å². The molecule has 0 saturated carbocycles. The minimum absolute atomic E-state index is 0.0371. The van der Waals surface area contributed by atoms with Gasteiger partial charge in [0.25, 0.3) is 5.56 Å². The van der Waals surface area contributed by atoms with E-state index in [1.165, 1.54) is 11.8 Å². The van der Waals surface area contributed by atoms with Gasteiger partial charge in [-0.25, -0.2) is 4.57 Å². The fraction of sp³-hybridized carbons (Fsp3) is 0.120. The zero-order valence-corrected chi connectivity index (χ0v) is 19.5. The van der Waals surface area contributed by atoms with Crippen LogP contribution in [0.25, 0.3) is 22.4 Å². The lowest BCUT2D eigenvalue weighted by Gasteiger charge is -2.14. The SMILES string of the molecule is Cc1ccccc1-n1c(=O)c2ccccc2n2c(SC(C)C(=O)c3ccc(Cl)cc3)nnc12. The Morgan fingerprint density at radius 3 is 2.42 bits per heavy atom. The molecule has 0 spiro atoms. The Morgan fingerprint density at radius 2 is 1.67 bits per heavy atom. The highest BCUT2D eigenvalue weighted by Crippen LogP contribution is 2.28. The lowest BCUT2D eigenvalue weighted by atomic mass is 10.1. The predicted octanol–water partition coefficient (Wildman–Crippen LogP) is 5.36. The van der Waals surface area contributed by atoms with Gasteiger partial charge in [0.15, 0.2) is 10.9 Å². The van der Waals surface area contributed by atoms with Gasteiger partial charge < -0.3 is 0 Å². The molecule has 33 heavy (non-hydrogen) atoms. The second-order valence-electron chi connectivity index (χ2n) is 7.69. The molecule has 5 rings (SSSR count). The van der Waals surface area contributed by atoms with Gasteiger partial charge in [-0.05, 0) is 61.9 Å². The maximum atomic E-state index is 13.5. The molecule has 2 aromatic heterocycles. The van der Waals surface area contributed by atoms with Crippen LogP contribution in [0.15, 0.2) is 82.7 Å². The number of aryl methyl sites for hydroxylation is 1. The van der Waals surface area contributed by atoms with E-state index in [-0.39, 0.29) is 11.3 Å². The molecular weight excluding hydrogens is 456 g/mol. The van der Waals surface area contributed by atoms with Crippen molar-refractivity contribution >= 4 is 45.8 Å². The van der Waals surface area contributed by atoms with E-state index in [0.717, 1.165) is 11.3 Å². The van der Waals surface area contributed by atoms with E-state index in [1.807, 2.05) is 60.7 Å². The number of carbonyl (C=O) groups is 1. The molecule has 0 aliphatic rings. The third kappa shape index (κ3) is 3.73. The molecule has 1 atom stereocenters. The normalized spacial score (nSPS) is 12.3. The van der Waals surface area contributed by atoms with E-state index >= 15 is 0 Å². The second kappa shape index (κ2) is 8.50. The van der Waals surface area contributed by atoms with Crippen molar-refractivity contribution in [2.45, 2.75) is 24.3 Å². The summed E-state index contributed by atoms with van der Waals surface area (Å²) in [4.78, 5) is 26.4. The largest absolute Gasteiger partial charge is 0.293 e. The van der Waals surface area contributed by atoms with Gasteiger partial charge in [-0.15, -0.1) is 10.2 Å².